The molecule has 5 rings (SSSR count). The molecule has 4 N–H and O–H groups in total. The average molecular weight is 604 g/mol. The molecule has 0 saturated carbocycles. The predicted octanol–water partition coefficient (Wildman–Crippen LogP) is 6.40. The number of aliphatic hydroxyl groups is 1. The molecule has 1 unspecified atom stereocenters. The van der Waals surface area contributed by atoms with Crippen LogP contribution in [0.4, 0.5) is 10.5 Å². The molecule has 0 spiro atoms. The molecule has 1 aliphatic carbocycles. The number of benzene rings is 4. The van der Waals surface area contributed by atoms with Crippen molar-refractivity contribution in [3.8, 4) is 11.1 Å². The molecule has 1 aliphatic rings. The van der Waals surface area contributed by atoms with Crippen LogP contribution < -0.4 is 15.5 Å². The summed E-state index contributed by atoms with van der Waals surface area (Å²) in [6.07, 6.45) is 5.16. The number of rotatable bonds is 11. The number of aliphatic hydroxyl groups excluding tert-OH is 1. The van der Waals surface area contributed by atoms with Gasteiger partial charge in [0.15, 0.2) is 6.10 Å². The van der Waals surface area contributed by atoms with E-state index in [0.717, 1.165) is 40.8 Å². The Morgan fingerprint density at radius 1 is 0.778 bits per heavy atom. The summed E-state index contributed by atoms with van der Waals surface area (Å²) in [5.74, 6) is -1.91. The maximum absolute atomic E-state index is 13.8. The van der Waals surface area contributed by atoms with Crippen LogP contribution in [-0.4, -0.2) is 40.8 Å². The first-order chi connectivity index (χ1) is 21.9. The van der Waals surface area contributed by atoms with E-state index in [4.69, 9.17) is 5.11 Å². The maximum atomic E-state index is 13.8. The number of nitrogens with zero attached hydrogens (tertiary/aromatic N) is 1. The highest BCUT2D eigenvalue weighted by Crippen LogP contribution is 2.29. The van der Waals surface area contributed by atoms with Gasteiger partial charge in [-0.15, -0.1) is 0 Å². The minimum atomic E-state index is -1.68. The zero-order chi connectivity index (χ0) is 31.6. The number of amides is 3. The van der Waals surface area contributed by atoms with Gasteiger partial charge in [-0.05, 0) is 83.3 Å². The van der Waals surface area contributed by atoms with Crippen LogP contribution in [0.2, 0.25) is 0 Å². The van der Waals surface area contributed by atoms with Gasteiger partial charge < -0.3 is 20.8 Å². The van der Waals surface area contributed by atoms with E-state index in [1.54, 1.807) is 29.2 Å². The number of carboxylic acid groups (broad SMARTS) is 1. The molecule has 8 heteroatoms. The van der Waals surface area contributed by atoms with E-state index in [1.165, 1.54) is 24.0 Å². The van der Waals surface area contributed by atoms with Crippen LogP contribution in [-0.2, 0) is 17.9 Å². The van der Waals surface area contributed by atoms with Crippen molar-refractivity contribution in [3.63, 3.8) is 0 Å². The van der Waals surface area contributed by atoms with Crippen LogP contribution in [0.3, 0.4) is 0 Å². The van der Waals surface area contributed by atoms with E-state index in [9.17, 15) is 19.5 Å². The van der Waals surface area contributed by atoms with Crippen LogP contribution in [0, 0.1) is 0 Å². The number of aliphatic carboxylic acids is 1. The SMILES string of the molecule is O=C(NCC(O)C(=O)O)c1ccc(CN(C(=O)NCc2ccccc2-c2ccccc2)c2ccc(C3=CCCCC3)cc2)cc1. The summed E-state index contributed by atoms with van der Waals surface area (Å²) in [6, 6.07) is 32.6. The molecule has 1 atom stereocenters. The molecule has 0 saturated heterocycles. The van der Waals surface area contributed by atoms with Gasteiger partial charge in [-0.2, -0.15) is 0 Å². The summed E-state index contributed by atoms with van der Waals surface area (Å²) < 4.78 is 0. The van der Waals surface area contributed by atoms with Crippen LogP contribution >= 0.6 is 0 Å². The van der Waals surface area contributed by atoms with Crippen molar-refractivity contribution in [2.24, 2.45) is 0 Å². The Bertz CT molecular complexity index is 1650. The summed E-state index contributed by atoms with van der Waals surface area (Å²) in [6.45, 7) is 0.199. The Morgan fingerprint density at radius 2 is 1.49 bits per heavy atom. The monoisotopic (exact) mass is 603 g/mol. The van der Waals surface area contributed by atoms with Gasteiger partial charge in [-0.1, -0.05) is 84.9 Å². The summed E-state index contributed by atoms with van der Waals surface area (Å²) in [5.41, 5.74) is 7.50. The number of urea groups is 1. The molecule has 0 heterocycles. The van der Waals surface area contributed by atoms with Crippen molar-refractivity contribution >= 4 is 29.2 Å². The fourth-order valence-corrected chi connectivity index (χ4v) is 5.40. The highest BCUT2D eigenvalue weighted by molar-refractivity contribution is 5.95. The van der Waals surface area contributed by atoms with Crippen LogP contribution in [0.25, 0.3) is 16.7 Å². The number of carbonyl (C=O) groups excluding carboxylic acids is 2. The fraction of sp³-hybridized carbons (Fsp3) is 0.216. The predicted molar refractivity (Wildman–Crippen MR) is 176 cm³/mol. The number of carboxylic acids is 1. The van der Waals surface area contributed by atoms with Gasteiger partial charge in [-0.3, -0.25) is 9.69 Å². The zero-order valence-corrected chi connectivity index (χ0v) is 25.0. The minimum absolute atomic E-state index is 0.257. The van der Waals surface area contributed by atoms with Crippen molar-refractivity contribution in [2.75, 3.05) is 11.4 Å². The van der Waals surface area contributed by atoms with E-state index in [0.29, 0.717) is 12.1 Å². The van der Waals surface area contributed by atoms with Gasteiger partial charge in [0.05, 0.1) is 13.1 Å². The number of carbonyl (C=O) groups is 3. The second-order valence-corrected chi connectivity index (χ2v) is 11.1. The first-order valence-electron chi connectivity index (χ1n) is 15.2. The second-order valence-electron chi connectivity index (χ2n) is 11.1. The summed E-state index contributed by atoms with van der Waals surface area (Å²) in [5, 5.41) is 23.8. The van der Waals surface area contributed by atoms with E-state index in [1.807, 2.05) is 54.6 Å². The minimum Gasteiger partial charge on any atom is -0.479 e. The Labute approximate surface area is 263 Å². The molecule has 0 aliphatic heterocycles. The smallest absolute Gasteiger partial charge is 0.334 e. The second kappa shape index (κ2) is 15.0. The lowest BCUT2D eigenvalue weighted by atomic mass is 9.93. The summed E-state index contributed by atoms with van der Waals surface area (Å²) in [7, 11) is 0. The van der Waals surface area contributed by atoms with E-state index >= 15 is 0 Å². The molecule has 0 radical (unpaired) electrons. The highest BCUT2D eigenvalue weighted by atomic mass is 16.4. The van der Waals surface area contributed by atoms with Crippen LogP contribution in [0.1, 0.15) is 52.7 Å². The van der Waals surface area contributed by atoms with E-state index in [2.05, 4.69) is 41.0 Å². The summed E-state index contributed by atoms with van der Waals surface area (Å²) in [4.78, 5) is 38.8. The molecule has 45 heavy (non-hydrogen) atoms. The van der Waals surface area contributed by atoms with Gasteiger partial charge in [0.2, 0.25) is 0 Å². The molecule has 0 aromatic heterocycles. The lowest BCUT2D eigenvalue weighted by Crippen LogP contribution is -2.39. The van der Waals surface area contributed by atoms with Gasteiger partial charge in [0.1, 0.15) is 0 Å². The average Bonchev–Trinajstić information content (AvgIpc) is 3.09. The third-order valence-corrected chi connectivity index (χ3v) is 7.92. The first kappa shape index (κ1) is 31.2. The number of anilines is 1. The van der Waals surface area contributed by atoms with Gasteiger partial charge >= 0.3 is 12.0 Å². The quantitative estimate of drug-likeness (QED) is 0.158. The van der Waals surface area contributed by atoms with E-state index < -0.39 is 24.5 Å². The maximum Gasteiger partial charge on any atom is 0.334 e. The lowest BCUT2D eigenvalue weighted by Gasteiger charge is -2.24. The molecule has 3 amide bonds. The molecule has 230 valence electrons. The molecule has 0 fully saturated rings. The molecule has 4 aromatic rings. The number of hydrogen-bond donors (Lipinski definition) is 4. The van der Waals surface area contributed by atoms with Crippen molar-refractivity contribution in [1.82, 2.24) is 10.6 Å². The fourth-order valence-electron chi connectivity index (χ4n) is 5.40. The van der Waals surface area contributed by atoms with Crippen molar-refractivity contribution in [1.29, 1.82) is 0 Å². The van der Waals surface area contributed by atoms with E-state index in [-0.39, 0.29) is 12.6 Å². The molecule has 8 nitrogen and oxygen atoms in total. The van der Waals surface area contributed by atoms with Gasteiger partial charge in [-0.25, -0.2) is 9.59 Å². The number of hydrogen-bond acceptors (Lipinski definition) is 4. The Balaban J connectivity index is 1.34. The van der Waals surface area contributed by atoms with Crippen LogP contribution in [0.15, 0.2) is 109 Å². The molecular weight excluding hydrogens is 566 g/mol. The molecular formula is C37H37N3O5. The number of allylic oxidation sites excluding steroid dienone is 2. The van der Waals surface area contributed by atoms with Crippen molar-refractivity contribution in [2.45, 2.75) is 44.9 Å². The zero-order valence-electron chi connectivity index (χ0n) is 25.0. The largest absolute Gasteiger partial charge is 0.479 e. The summed E-state index contributed by atoms with van der Waals surface area (Å²) >= 11 is 0. The Morgan fingerprint density at radius 3 is 2.18 bits per heavy atom. The third kappa shape index (κ3) is 8.25. The highest BCUT2D eigenvalue weighted by Gasteiger charge is 2.19. The third-order valence-electron chi connectivity index (χ3n) is 7.92. The van der Waals surface area contributed by atoms with Crippen molar-refractivity contribution < 1.29 is 24.6 Å². The lowest BCUT2D eigenvalue weighted by molar-refractivity contribution is -0.146. The normalized spacial score (nSPS) is 13.3. The number of nitrogens with one attached hydrogen (secondary N) is 2. The van der Waals surface area contributed by atoms with Gasteiger partial charge in [0, 0.05) is 17.8 Å². The first-order valence-corrected chi connectivity index (χ1v) is 15.2. The molecule has 0 bridgehead atoms. The van der Waals surface area contributed by atoms with Crippen molar-refractivity contribution in [3.05, 3.63) is 131 Å². The van der Waals surface area contributed by atoms with Gasteiger partial charge in [0.25, 0.3) is 5.91 Å². The molecule has 4 aromatic carbocycles. The topological polar surface area (TPSA) is 119 Å². The Hall–Kier alpha value is -5.21. The Kier molecular flexibility index (Phi) is 10.4. The van der Waals surface area contributed by atoms with Crippen LogP contribution in [0.5, 0.6) is 0 Å². The standard InChI is InChI=1S/C37H37N3O5/c41-34(36(43)44)24-38-35(42)30-17-15-26(16-18-30)25-40(32-21-19-28(20-22-32)27-9-3-1-4-10-27)37(45)39-23-31-13-7-8-14-33(31)29-11-5-2-6-12-29/h2,5-9,11-22,34,41H,1,3-4,10,23-25H2,(H,38,42)(H,39,45)(H,43,44).